The molecule has 1 aromatic heterocycles. The molecule has 3 atom stereocenters. The predicted octanol–water partition coefficient (Wildman–Crippen LogP) is 2.58. The number of aryl methyl sites for hydroxylation is 1. The molecule has 4 rings (SSSR count). The number of hydrogen-bond donors (Lipinski definition) is 2. The van der Waals surface area contributed by atoms with E-state index in [4.69, 9.17) is 9.47 Å². The van der Waals surface area contributed by atoms with E-state index in [1.165, 1.54) is 23.2 Å². The maximum Gasteiger partial charge on any atom is 0.280 e. The average Bonchev–Trinajstić information content (AvgIpc) is 3.38. The molecule has 216 valence electrons. The van der Waals surface area contributed by atoms with Crippen molar-refractivity contribution in [1.29, 1.82) is 0 Å². The maximum atomic E-state index is 13.7. The molecule has 1 aliphatic heterocycles. The van der Waals surface area contributed by atoms with Crippen molar-refractivity contribution < 1.29 is 27.8 Å². The molecule has 12 heteroatoms. The van der Waals surface area contributed by atoms with E-state index in [1.54, 1.807) is 38.1 Å². The molecule has 0 bridgehead atoms. The number of anilines is 1. The van der Waals surface area contributed by atoms with Gasteiger partial charge in [0, 0.05) is 44.5 Å². The van der Waals surface area contributed by atoms with E-state index >= 15 is 0 Å². The van der Waals surface area contributed by atoms with Crippen molar-refractivity contribution >= 4 is 21.6 Å². The predicted molar refractivity (Wildman–Crippen MR) is 151 cm³/mol. The molecule has 2 N–H and O–H groups in total. The zero-order valence-corrected chi connectivity index (χ0v) is 24.3. The molecule has 0 aliphatic carbocycles. The quantitative estimate of drug-likeness (QED) is 0.380. The number of hydrogen-bond acceptors (Lipinski definition) is 8. The van der Waals surface area contributed by atoms with E-state index in [1.807, 2.05) is 38.2 Å². The van der Waals surface area contributed by atoms with Crippen LogP contribution in [0.25, 0.3) is 0 Å². The van der Waals surface area contributed by atoms with Crippen molar-refractivity contribution in [3.8, 4) is 11.5 Å². The first-order valence-electron chi connectivity index (χ1n) is 13.1. The minimum absolute atomic E-state index is 0.0493. The molecule has 40 heavy (non-hydrogen) atoms. The van der Waals surface area contributed by atoms with Crippen molar-refractivity contribution in [3.05, 3.63) is 66.1 Å². The van der Waals surface area contributed by atoms with Gasteiger partial charge in [-0.15, -0.1) is 0 Å². The Morgan fingerprint density at radius 3 is 2.60 bits per heavy atom. The number of aliphatic hydroxyl groups excluding tert-OH is 1. The van der Waals surface area contributed by atoms with Crippen LogP contribution in [0.4, 0.5) is 5.69 Å². The fourth-order valence-electron chi connectivity index (χ4n) is 4.65. The fourth-order valence-corrected chi connectivity index (χ4v) is 5.69. The summed E-state index contributed by atoms with van der Waals surface area (Å²) in [5, 5.41) is 9.78. The molecule has 1 amide bonds. The van der Waals surface area contributed by atoms with Gasteiger partial charge in [0.25, 0.3) is 15.9 Å². The minimum Gasteiger partial charge on any atom is -0.497 e. The summed E-state index contributed by atoms with van der Waals surface area (Å²) in [6.07, 6.45) is 2.51. The van der Waals surface area contributed by atoms with Gasteiger partial charge in [-0.2, -0.15) is 8.42 Å². The average molecular weight is 572 g/mol. The number of ether oxygens (including phenoxy) is 2. The molecule has 3 aromatic rings. The number of carbonyl (C=O) groups is 1. The summed E-state index contributed by atoms with van der Waals surface area (Å²) in [6.45, 7) is 5.24. The summed E-state index contributed by atoms with van der Waals surface area (Å²) < 4.78 is 41.4. The summed E-state index contributed by atoms with van der Waals surface area (Å²) in [5.41, 5.74) is 1.55. The van der Waals surface area contributed by atoms with Crippen LogP contribution in [-0.4, -0.2) is 84.8 Å². The van der Waals surface area contributed by atoms with Gasteiger partial charge in [0.1, 0.15) is 17.6 Å². The van der Waals surface area contributed by atoms with E-state index < -0.39 is 16.1 Å². The van der Waals surface area contributed by atoms with Gasteiger partial charge in [-0.05, 0) is 49.9 Å². The van der Waals surface area contributed by atoms with Crippen molar-refractivity contribution in [2.75, 3.05) is 38.6 Å². The number of benzene rings is 2. The Morgan fingerprint density at radius 2 is 1.98 bits per heavy atom. The lowest BCUT2D eigenvalue weighted by Crippen LogP contribution is -2.49. The summed E-state index contributed by atoms with van der Waals surface area (Å²) in [5.74, 6) is 0.763. The molecule has 0 saturated carbocycles. The number of methoxy groups -OCH3 is 1. The molecule has 11 nitrogen and oxygen atoms in total. The Morgan fingerprint density at radius 1 is 1.25 bits per heavy atom. The van der Waals surface area contributed by atoms with Crippen molar-refractivity contribution in [3.63, 3.8) is 0 Å². The number of sulfonamides is 1. The van der Waals surface area contributed by atoms with Gasteiger partial charge < -0.3 is 24.0 Å². The lowest BCUT2D eigenvalue weighted by atomic mass is 9.99. The van der Waals surface area contributed by atoms with Crippen LogP contribution < -0.4 is 14.2 Å². The molecule has 0 spiro atoms. The van der Waals surface area contributed by atoms with Gasteiger partial charge in [-0.25, -0.2) is 4.98 Å². The van der Waals surface area contributed by atoms with Crippen LogP contribution >= 0.6 is 0 Å². The Bertz CT molecular complexity index is 1430. The lowest BCUT2D eigenvalue weighted by molar-refractivity contribution is 0.0341. The maximum absolute atomic E-state index is 13.7. The first-order chi connectivity index (χ1) is 19.0. The van der Waals surface area contributed by atoms with E-state index in [9.17, 15) is 18.3 Å². The number of aliphatic hydroxyl groups is 1. The standard InChI is InChI=1S/C28H37N5O6S/c1-19-13-33(20(2)17-34)28(35)24-12-22(30-40(36,37)27-16-32(4)18-29-27)8-11-25(24)39-26(19)15-31(3)14-21-6-9-23(38-5)10-7-21/h6-12,16,18-20,26,30,34H,13-15,17H2,1-5H3/t19-,20-,26-/m0/s1. The van der Waals surface area contributed by atoms with Gasteiger partial charge in [0.2, 0.25) is 0 Å². The first-order valence-corrected chi connectivity index (χ1v) is 14.5. The van der Waals surface area contributed by atoms with Crippen molar-refractivity contribution in [1.82, 2.24) is 19.4 Å². The highest BCUT2D eigenvalue weighted by Crippen LogP contribution is 2.31. The van der Waals surface area contributed by atoms with Gasteiger partial charge in [-0.1, -0.05) is 19.1 Å². The van der Waals surface area contributed by atoms with Gasteiger partial charge in [0.15, 0.2) is 5.03 Å². The van der Waals surface area contributed by atoms with Crippen molar-refractivity contribution in [2.45, 2.75) is 37.6 Å². The Labute approximate surface area is 235 Å². The largest absolute Gasteiger partial charge is 0.497 e. The number of aromatic nitrogens is 2. The summed E-state index contributed by atoms with van der Waals surface area (Å²) in [6, 6.07) is 12.1. The number of fused-ring (bicyclic) bond motifs is 1. The second kappa shape index (κ2) is 12.3. The van der Waals surface area contributed by atoms with Crippen LogP contribution in [-0.2, 0) is 23.6 Å². The minimum atomic E-state index is -3.96. The normalized spacial score (nSPS) is 18.5. The highest BCUT2D eigenvalue weighted by molar-refractivity contribution is 7.92. The second-order valence-electron chi connectivity index (χ2n) is 10.4. The topological polar surface area (TPSA) is 126 Å². The molecule has 0 fully saturated rings. The summed E-state index contributed by atoms with van der Waals surface area (Å²) in [4.78, 5) is 21.4. The van der Waals surface area contributed by atoms with Crippen LogP contribution in [0, 0.1) is 5.92 Å². The number of likely N-dealkylation sites (N-methyl/N-ethyl adjacent to an activating group) is 1. The third-order valence-electron chi connectivity index (χ3n) is 6.98. The van der Waals surface area contributed by atoms with Gasteiger partial charge >= 0.3 is 0 Å². The summed E-state index contributed by atoms with van der Waals surface area (Å²) >= 11 is 0. The lowest BCUT2D eigenvalue weighted by Gasteiger charge is -2.38. The third kappa shape index (κ3) is 6.75. The second-order valence-corrected chi connectivity index (χ2v) is 12.0. The first kappa shape index (κ1) is 29.4. The molecule has 0 saturated heterocycles. The Kier molecular flexibility index (Phi) is 9.02. The van der Waals surface area contributed by atoms with Gasteiger partial charge in [0.05, 0.1) is 31.6 Å². The number of imidazole rings is 1. The Balaban J connectivity index is 1.60. The highest BCUT2D eigenvalue weighted by atomic mass is 32.2. The molecule has 2 heterocycles. The monoisotopic (exact) mass is 571 g/mol. The number of nitrogens with zero attached hydrogens (tertiary/aromatic N) is 4. The zero-order valence-electron chi connectivity index (χ0n) is 23.4. The van der Waals surface area contributed by atoms with Crippen molar-refractivity contribution in [2.24, 2.45) is 13.0 Å². The zero-order chi connectivity index (χ0) is 29.0. The highest BCUT2D eigenvalue weighted by Gasteiger charge is 2.34. The fraction of sp³-hybridized carbons (Fsp3) is 0.429. The van der Waals surface area contributed by atoms with E-state index in [0.717, 1.165) is 11.3 Å². The number of nitrogens with one attached hydrogen (secondary N) is 1. The van der Waals surface area contributed by atoms with Crippen LogP contribution in [0.3, 0.4) is 0 Å². The smallest absolute Gasteiger partial charge is 0.280 e. The summed E-state index contributed by atoms with van der Waals surface area (Å²) in [7, 11) is 1.36. The molecule has 0 radical (unpaired) electrons. The van der Waals surface area contributed by atoms with E-state index in [0.29, 0.717) is 25.4 Å². The van der Waals surface area contributed by atoms with Gasteiger partial charge in [-0.3, -0.25) is 14.4 Å². The van der Waals surface area contributed by atoms with Crippen LogP contribution in [0.2, 0.25) is 0 Å². The van der Waals surface area contributed by atoms with E-state index in [2.05, 4.69) is 14.6 Å². The third-order valence-corrected chi connectivity index (χ3v) is 8.24. The van der Waals surface area contributed by atoms with Crippen LogP contribution in [0.1, 0.15) is 29.8 Å². The SMILES string of the molecule is COc1ccc(CN(C)C[C@@H]2Oc3ccc(NS(=O)(=O)c4cn(C)cn4)cc3C(=O)N([C@@H](C)CO)C[C@@H]2C)cc1. The van der Waals surface area contributed by atoms with Crippen LogP contribution in [0.15, 0.2) is 60.0 Å². The van der Waals surface area contributed by atoms with E-state index in [-0.39, 0.29) is 40.8 Å². The number of carbonyl (C=O) groups excluding carboxylic acids is 1. The molecular formula is C28H37N5O6S. The Hall–Kier alpha value is -3.61. The molecular weight excluding hydrogens is 534 g/mol. The van der Waals surface area contributed by atoms with Crippen LogP contribution in [0.5, 0.6) is 11.5 Å². The molecule has 0 unspecified atom stereocenters. The molecule has 1 aliphatic rings. The molecule has 2 aromatic carbocycles. The number of rotatable bonds is 10. The number of amides is 1.